The first-order valence-corrected chi connectivity index (χ1v) is 9.05. The van der Waals surface area contributed by atoms with E-state index >= 15 is 0 Å². The van der Waals surface area contributed by atoms with Gasteiger partial charge in [0.25, 0.3) is 5.56 Å². The summed E-state index contributed by atoms with van der Waals surface area (Å²) in [7, 11) is 1.49. The number of hydrogen-bond acceptors (Lipinski definition) is 4. The van der Waals surface area contributed by atoms with Gasteiger partial charge in [-0.25, -0.2) is 4.68 Å². The Kier molecular flexibility index (Phi) is 5.61. The smallest absolute Gasteiger partial charge is 0.270 e. The highest BCUT2D eigenvalue weighted by Gasteiger charge is 2.22. The number of ether oxygens (including phenoxy) is 1. The molecule has 6 nitrogen and oxygen atoms in total. The molecule has 7 heteroatoms. The van der Waals surface area contributed by atoms with Crippen LogP contribution in [0.5, 0.6) is 5.75 Å². The number of amides is 1. The number of nitrogens with zero attached hydrogens (tertiary/aromatic N) is 3. The molecule has 138 valence electrons. The van der Waals surface area contributed by atoms with Gasteiger partial charge in [-0.05, 0) is 30.9 Å². The summed E-state index contributed by atoms with van der Waals surface area (Å²) in [6.07, 6.45) is 2.12. The maximum absolute atomic E-state index is 12.6. The van der Waals surface area contributed by atoms with Crippen molar-refractivity contribution in [2.75, 3.05) is 20.2 Å². The summed E-state index contributed by atoms with van der Waals surface area (Å²) >= 11 is 5.94. The summed E-state index contributed by atoms with van der Waals surface area (Å²) in [5, 5.41) is 4.99. The lowest BCUT2D eigenvalue weighted by atomic mass is 10.0. The molecule has 26 heavy (non-hydrogen) atoms. The fourth-order valence-corrected chi connectivity index (χ4v) is 3.32. The van der Waals surface area contributed by atoms with Crippen LogP contribution in [0.2, 0.25) is 5.02 Å². The van der Waals surface area contributed by atoms with Gasteiger partial charge in [0.1, 0.15) is 12.2 Å². The number of piperidine rings is 1. The van der Waals surface area contributed by atoms with Crippen LogP contribution < -0.4 is 10.3 Å². The third-order valence-electron chi connectivity index (χ3n) is 4.60. The number of rotatable bonds is 4. The Balaban J connectivity index is 1.90. The number of aromatic nitrogens is 2. The van der Waals surface area contributed by atoms with Crippen LogP contribution in [0.15, 0.2) is 35.1 Å². The van der Waals surface area contributed by atoms with Crippen LogP contribution >= 0.6 is 11.6 Å². The third kappa shape index (κ3) is 4.07. The van der Waals surface area contributed by atoms with Crippen molar-refractivity contribution >= 4 is 17.5 Å². The van der Waals surface area contributed by atoms with Gasteiger partial charge in [0.15, 0.2) is 5.75 Å². The van der Waals surface area contributed by atoms with Gasteiger partial charge in [-0.15, -0.1) is 0 Å². The quantitative estimate of drug-likeness (QED) is 0.824. The molecule has 1 aliphatic rings. The van der Waals surface area contributed by atoms with Gasteiger partial charge in [-0.3, -0.25) is 9.59 Å². The minimum atomic E-state index is -0.363. The molecular formula is C19H22ClN3O3. The zero-order valence-electron chi connectivity index (χ0n) is 14.9. The predicted molar refractivity (Wildman–Crippen MR) is 100 cm³/mol. The number of benzene rings is 1. The molecule has 0 saturated carbocycles. The fraction of sp³-hybridized carbons (Fsp3) is 0.421. The third-order valence-corrected chi connectivity index (χ3v) is 4.85. The monoisotopic (exact) mass is 375 g/mol. The van der Waals surface area contributed by atoms with E-state index < -0.39 is 0 Å². The minimum Gasteiger partial charge on any atom is -0.494 e. The lowest BCUT2D eigenvalue weighted by Gasteiger charge is -2.31. The van der Waals surface area contributed by atoms with Gasteiger partial charge in [-0.1, -0.05) is 30.7 Å². The Morgan fingerprint density at radius 2 is 2.08 bits per heavy atom. The first kappa shape index (κ1) is 18.5. The van der Waals surface area contributed by atoms with Crippen LogP contribution in [0.25, 0.3) is 11.3 Å². The van der Waals surface area contributed by atoms with Gasteiger partial charge >= 0.3 is 0 Å². The zero-order chi connectivity index (χ0) is 18.7. The standard InChI is InChI=1S/C19H22ClN3O3/c1-13-4-3-9-22(11-13)18(25)12-23-17(24)10-16(26-2)19(21-23)14-5-7-15(20)8-6-14/h5-8,10,13H,3-4,9,11-12H2,1-2H3. The molecule has 2 aromatic rings. The molecule has 1 aromatic heterocycles. The average molecular weight is 376 g/mol. The number of halogens is 1. The van der Waals surface area contributed by atoms with Gasteiger partial charge in [0.2, 0.25) is 5.91 Å². The maximum Gasteiger partial charge on any atom is 0.270 e. The molecule has 1 saturated heterocycles. The number of carbonyl (C=O) groups excluding carboxylic acids is 1. The molecule has 1 atom stereocenters. The molecule has 1 aromatic carbocycles. The van der Waals surface area contributed by atoms with Gasteiger partial charge in [0.05, 0.1) is 7.11 Å². The summed E-state index contributed by atoms with van der Waals surface area (Å²) < 4.78 is 6.50. The molecule has 2 heterocycles. The van der Waals surface area contributed by atoms with Crippen LogP contribution in [-0.4, -0.2) is 40.8 Å². The van der Waals surface area contributed by atoms with Crippen LogP contribution in [0.1, 0.15) is 19.8 Å². The molecule has 0 bridgehead atoms. The Morgan fingerprint density at radius 1 is 1.35 bits per heavy atom. The summed E-state index contributed by atoms with van der Waals surface area (Å²) in [5.41, 5.74) is 0.903. The number of hydrogen-bond donors (Lipinski definition) is 0. The molecular weight excluding hydrogens is 354 g/mol. The van der Waals surface area contributed by atoms with Crippen molar-refractivity contribution in [2.45, 2.75) is 26.3 Å². The lowest BCUT2D eigenvalue weighted by molar-refractivity contribution is -0.133. The van der Waals surface area contributed by atoms with Crippen LogP contribution in [0.4, 0.5) is 0 Å². The number of carbonyl (C=O) groups is 1. The maximum atomic E-state index is 12.6. The van der Waals surface area contributed by atoms with E-state index in [9.17, 15) is 9.59 Å². The molecule has 1 aliphatic heterocycles. The molecule has 0 aliphatic carbocycles. The highest BCUT2D eigenvalue weighted by molar-refractivity contribution is 6.30. The number of likely N-dealkylation sites (tertiary alicyclic amines) is 1. The van der Waals surface area contributed by atoms with Crippen molar-refractivity contribution in [2.24, 2.45) is 5.92 Å². The van der Waals surface area contributed by atoms with Crippen LogP contribution in [0, 0.1) is 5.92 Å². The van der Waals surface area contributed by atoms with Crippen molar-refractivity contribution < 1.29 is 9.53 Å². The topological polar surface area (TPSA) is 64.4 Å². The highest BCUT2D eigenvalue weighted by atomic mass is 35.5. The molecule has 0 N–H and O–H groups in total. The van der Waals surface area contributed by atoms with E-state index in [1.165, 1.54) is 17.9 Å². The summed E-state index contributed by atoms with van der Waals surface area (Å²) in [4.78, 5) is 26.8. The Hall–Kier alpha value is -2.34. The SMILES string of the molecule is COc1cc(=O)n(CC(=O)N2CCCC(C)C2)nc1-c1ccc(Cl)cc1. The Labute approximate surface area is 157 Å². The molecule has 1 fully saturated rings. The fourth-order valence-electron chi connectivity index (χ4n) is 3.19. The van der Waals surface area contributed by atoms with E-state index in [-0.39, 0.29) is 18.0 Å². The summed E-state index contributed by atoms with van der Waals surface area (Å²) in [6.45, 7) is 3.53. The van der Waals surface area contributed by atoms with E-state index in [0.717, 1.165) is 31.5 Å². The van der Waals surface area contributed by atoms with Crippen molar-refractivity contribution in [3.8, 4) is 17.0 Å². The van der Waals surface area contributed by atoms with Crippen molar-refractivity contribution in [1.82, 2.24) is 14.7 Å². The molecule has 0 radical (unpaired) electrons. The van der Waals surface area contributed by atoms with Crippen molar-refractivity contribution in [3.05, 3.63) is 45.7 Å². The Morgan fingerprint density at radius 3 is 2.73 bits per heavy atom. The average Bonchev–Trinajstić information content (AvgIpc) is 2.63. The normalized spacial score (nSPS) is 17.2. The van der Waals surface area contributed by atoms with E-state index in [2.05, 4.69) is 12.0 Å². The largest absolute Gasteiger partial charge is 0.494 e. The molecule has 3 rings (SSSR count). The second-order valence-corrected chi connectivity index (χ2v) is 7.09. The van der Waals surface area contributed by atoms with E-state index in [4.69, 9.17) is 16.3 Å². The molecule has 0 spiro atoms. The molecule has 1 unspecified atom stereocenters. The second-order valence-electron chi connectivity index (χ2n) is 6.65. The summed E-state index contributed by atoms with van der Waals surface area (Å²) in [6, 6.07) is 8.46. The molecule has 1 amide bonds. The van der Waals surface area contributed by atoms with Gasteiger partial charge in [-0.2, -0.15) is 5.10 Å². The van der Waals surface area contributed by atoms with Crippen LogP contribution in [0.3, 0.4) is 0 Å². The van der Waals surface area contributed by atoms with E-state index in [1.807, 2.05) is 4.90 Å². The second kappa shape index (κ2) is 7.91. The highest BCUT2D eigenvalue weighted by Crippen LogP contribution is 2.27. The lowest BCUT2D eigenvalue weighted by Crippen LogP contribution is -2.42. The first-order valence-electron chi connectivity index (χ1n) is 8.68. The first-order chi connectivity index (χ1) is 12.5. The van der Waals surface area contributed by atoms with E-state index in [0.29, 0.717) is 22.4 Å². The minimum absolute atomic E-state index is 0.0733. The van der Waals surface area contributed by atoms with Crippen molar-refractivity contribution in [1.29, 1.82) is 0 Å². The van der Waals surface area contributed by atoms with Gasteiger partial charge in [0, 0.05) is 29.7 Å². The number of methoxy groups -OCH3 is 1. The van der Waals surface area contributed by atoms with E-state index in [1.54, 1.807) is 24.3 Å². The summed E-state index contributed by atoms with van der Waals surface area (Å²) in [5.74, 6) is 0.767. The van der Waals surface area contributed by atoms with Crippen LogP contribution in [-0.2, 0) is 11.3 Å². The van der Waals surface area contributed by atoms with Gasteiger partial charge < -0.3 is 9.64 Å². The van der Waals surface area contributed by atoms with Crippen molar-refractivity contribution in [3.63, 3.8) is 0 Å². The Bertz CT molecular complexity index is 848. The zero-order valence-corrected chi connectivity index (χ0v) is 15.7. The predicted octanol–water partition coefficient (Wildman–Crippen LogP) is 2.83.